The normalized spacial score (nSPS) is 11.8. The Morgan fingerprint density at radius 1 is 0.951 bits per heavy atom. The summed E-state index contributed by atoms with van der Waals surface area (Å²) in [7, 11) is 0. The third kappa shape index (κ3) is 8.05. The van der Waals surface area contributed by atoms with E-state index in [1.807, 2.05) is 79.1 Å². The molecule has 6 nitrogen and oxygen atoms in total. The summed E-state index contributed by atoms with van der Waals surface area (Å²) in [5, 5.41) is 24.4. The van der Waals surface area contributed by atoms with E-state index in [0.29, 0.717) is 23.4 Å². The molecule has 1 heterocycles. The second-order valence-electron chi connectivity index (χ2n) is 9.84. The maximum atomic E-state index is 14.0. The third-order valence-corrected chi connectivity index (χ3v) is 6.58. The molecule has 0 saturated carbocycles. The van der Waals surface area contributed by atoms with Gasteiger partial charge in [0.1, 0.15) is 5.82 Å². The van der Waals surface area contributed by atoms with Gasteiger partial charge in [-0.1, -0.05) is 74.5 Å². The van der Waals surface area contributed by atoms with E-state index in [1.165, 1.54) is 24.3 Å². The van der Waals surface area contributed by atoms with Gasteiger partial charge in [-0.2, -0.15) is 0 Å². The van der Waals surface area contributed by atoms with Crippen LogP contribution in [0.5, 0.6) is 0 Å². The van der Waals surface area contributed by atoms with Crippen LogP contribution in [-0.4, -0.2) is 27.7 Å². The first kappa shape index (κ1) is 32.0. The summed E-state index contributed by atoms with van der Waals surface area (Å²) in [5.74, 6) is -1.96. The SMILES string of the molecule is CC(C)c1c(C(=O)Nc2ccccc2)c(-c2ccccc2)c(-c2ccc(F)cc2)n1CCC(O)/C=C/CC(=O)[O-].[Na+]. The van der Waals surface area contributed by atoms with Crippen molar-refractivity contribution in [3.8, 4) is 22.4 Å². The van der Waals surface area contributed by atoms with Crippen molar-refractivity contribution >= 4 is 17.6 Å². The van der Waals surface area contributed by atoms with Crippen LogP contribution in [0.4, 0.5) is 10.1 Å². The molecule has 1 amide bonds. The Labute approximate surface area is 261 Å². The van der Waals surface area contributed by atoms with Gasteiger partial charge in [-0.3, -0.25) is 4.79 Å². The Balaban J connectivity index is 0.00000462. The molecule has 0 aliphatic carbocycles. The van der Waals surface area contributed by atoms with Gasteiger partial charge in [0.05, 0.1) is 17.4 Å². The Morgan fingerprint density at radius 3 is 2.15 bits per heavy atom. The van der Waals surface area contributed by atoms with E-state index in [-0.39, 0.29) is 60.0 Å². The number of carboxylic acids is 1. The first-order valence-corrected chi connectivity index (χ1v) is 13.2. The number of aliphatic hydroxyl groups excluding tert-OH is 1. The molecule has 0 saturated heterocycles. The zero-order chi connectivity index (χ0) is 28.6. The van der Waals surface area contributed by atoms with Crippen LogP contribution in [0.25, 0.3) is 22.4 Å². The fourth-order valence-electron chi connectivity index (χ4n) is 4.89. The first-order valence-electron chi connectivity index (χ1n) is 13.2. The van der Waals surface area contributed by atoms with E-state index < -0.39 is 12.1 Å². The molecule has 41 heavy (non-hydrogen) atoms. The molecule has 1 atom stereocenters. The van der Waals surface area contributed by atoms with Crippen molar-refractivity contribution in [2.75, 3.05) is 5.32 Å². The van der Waals surface area contributed by atoms with Crippen LogP contribution < -0.4 is 40.0 Å². The molecular formula is C33H32FN2NaO4. The number of rotatable bonds is 11. The number of benzene rings is 3. The third-order valence-electron chi connectivity index (χ3n) is 6.58. The van der Waals surface area contributed by atoms with Gasteiger partial charge in [0.15, 0.2) is 0 Å². The minimum Gasteiger partial charge on any atom is -0.550 e. The molecule has 0 aliphatic heterocycles. The van der Waals surface area contributed by atoms with Crippen molar-refractivity contribution in [2.45, 2.75) is 45.3 Å². The van der Waals surface area contributed by atoms with Crippen molar-refractivity contribution in [3.05, 3.63) is 114 Å². The van der Waals surface area contributed by atoms with Crippen LogP contribution in [0.2, 0.25) is 0 Å². The van der Waals surface area contributed by atoms with Crippen LogP contribution in [0.15, 0.2) is 97.1 Å². The number of amides is 1. The number of aromatic nitrogens is 1. The molecular weight excluding hydrogens is 530 g/mol. The molecule has 1 unspecified atom stereocenters. The number of anilines is 1. The van der Waals surface area contributed by atoms with Crippen molar-refractivity contribution in [1.29, 1.82) is 0 Å². The Kier molecular flexibility index (Phi) is 11.7. The second kappa shape index (κ2) is 14.9. The van der Waals surface area contributed by atoms with Crippen molar-refractivity contribution in [2.24, 2.45) is 0 Å². The number of hydrogen-bond donors (Lipinski definition) is 2. The molecule has 0 fully saturated rings. The monoisotopic (exact) mass is 562 g/mol. The molecule has 1 aromatic heterocycles. The summed E-state index contributed by atoms with van der Waals surface area (Å²) >= 11 is 0. The fourth-order valence-corrected chi connectivity index (χ4v) is 4.89. The number of nitrogens with zero attached hydrogens (tertiary/aromatic N) is 1. The van der Waals surface area contributed by atoms with E-state index in [2.05, 4.69) is 5.32 Å². The molecule has 0 spiro atoms. The van der Waals surface area contributed by atoms with E-state index in [9.17, 15) is 24.2 Å². The van der Waals surface area contributed by atoms with Gasteiger partial charge in [-0.15, -0.1) is 0 Å². The summed E-state index contributed by atoms with van der Waals surface area (Å²) in [5.41, 5.74) is 4.94. The van der Waals surface area contributed by atoms with Gasteiger partial charge in [0.25, 0.3) is 5.91 Å². The molecule has 206 valence electrons. The predicted octanol–water partition coefficient (Wildman–Crippen LogP) is 2.79. The van der Waals surface area contributed by atoms with E-state index in [1.54, 1.807) is 12.1 Å². The zero-order valence-electron chi connectivity index (χ0n) is 23.5. The summed E-state index contributed by atoms with van der Waals surface area (Å²) in [4.78, 5) is 24.8. The standard InChI is InChI=1S/C33H33FN2O4.Na/c1-22(2)31-30(33(40)35-26-12-7-4-8-13-26)29(23-10-5-3-6-11-23)32(24-16-18-25(34)19-17-24)36(31)21-20-27(37)14-9-15-28(38)39;/h3-14,16-19,22,27,37H,15,20-21H2,1-2H3,(H,35,40)(H,38,39);/q;+1/p-1/b14-9+;. The van der Waals surface area contributed by atoms with Crippen LogP contribution >= 0.6 is 0 Å². The number of carbonyl (C=O) groups excluding carboxylic acids is 2. The molecule has 0 radical (unpaired) electrons. The van der Waals surface area contributed by atoms with Crippen LogP contribution in [0.1, 0.15) is 48.7 Å². The van der Waals surface area contributed by atoms with Gasteiger partial charge in [-0.25, -0.2) is 4.39 Å². The summed E-state index contributed by atoms with van der Waals surface area (Å²) in [6.45, 7) is 4.34. The van der Waals surface area contributed by atoms with E-state index >= 15 is 0 Å². The number of halogens is 1. The van der Waals surface area contributed by atoms with Crippen molar-refractivity contribution in [1.82, 2.24) is 4.57 Å². The first-order chi connectivity index (χ1) is 19.3. The molecule has 4 rings (SSSR count). The number of carboxylic acid groups (broad SMARTS) is 1. The number of hydrogen-bond acceptors (Lipinski definition) is 4. The van der Waals surface area contributed by atoms with Crippen molar-refractivity contribution < 1.29 is 53.7 Å². The summed E-state index contributed by atoms with van der Waals surface area (Å²) in [6.07, 6.45) is 1.87. The summed E-state index contributed by atoms with van der Waals surface area (Å²) in [6, 6.07) is 25.0. The molecule has 3 aromatic carbocycles. The number of aliphatic hydroxyl groups is 1. The topological polar surface area (TPSA) is 94.4 Å². The number of aliphatic carboxylic acids is 1. The Bertz CT molecular complexity index is 1480. The van der Waals surface area contributed by atoms with Gasteiger partial charge in [0.2, 0.25) is 0 Å². The van der Waals surface area contributed by atoms with Gasteiger partial charge in [-0.05, 0) is 59.9 Å². The quantitative estimate of drug-likeness (QED) is 0.217. The smallest absolute Gasteiger partial charge is 0.550 e. The largest absolute Gasteiger partial charge is 1.00 e. The number of nitrogens with one attached hydrogen (secondary N) is 1. The average molecular weight is 563 g/mol. The fraction of sp³-hybridized carbons (Fsp3) is 0.212. The maximum Gasteiger partial charge on any atom is 1.00 e. The molecule has 2 N–H and O–H groups in total. The van der Waals surface area contributed by atoms with Crippen LogP contribution in [0.3, 0.4) is 0 Å². The minimum atomic E-state index is -1.23. The maximum absolute atomic E-state index is 14.0. The number of para-hydroxylation sites is 1. The Hall–Kier alpha value is -3.49. The Morgan fingerprint density at radius 2 is 1.56 bits per heavy atom. The predicted molar refractivity (Wildman–Crippen MR) is 153 cm³/mol. The summed E-state index contributed by atoms with van der Waals surface area (Å²) < 4.78 is 16.0. The zero-order valence-corrected chi connectivity index (χ0v) is 25.5. The van der Waals surface area contributed by atoms with Crippen LogP contribution in [-0.2, 0) is 11.3 Å². The van der Waals surface area contributed by atoms with Gasteiger partial charge >= 0.3 is 29.6 Å². The molecule has 4 aromatic rings. The second-order valence-corrected chi connectivity index (χ2v) is 9.84. The average Bonchev–Trinajstić information content (AvgIpc) is 3.29. The number of carbonyl (C=O) groups is 2. The van der Waals surface area contributed by atoms with E-state index in [4.69, 9.17) is 0 Å². The van der Waals surface area contributed by atoms with E-state index in [0.717, 1.165) is 22.5 Å². The molecule has 8 heteroatoms. The van der Waals surface area contributed by atoms with Gasteiger partial charge in [0, 0.05) is 35.9 Å². The minimum absolute atomic E-state index is 0. The molecule has 0 bridgehead atoms. The van der Waals surface area contributed by atoms with Crippen molar-refractivity contribution in [3.63, 3.8) is 0 Å². The molecule has 0 aliphatic rings. The van der Waals surface area contributed by atoms with Gasteiger partial charge < -0.3 is 24.9 Å². The van der Waals surface area contributed by atoms with Crippen LogP contribution in [0, 0.1) is 5.82 Å².